The third-order valence-electron chi connectivity index (χ3n) is 8.08. The fourth-order valence-corrected chi connectivity index (χ4v) is 5.89. The number of fused-ring (bicyclic) bond motifs is 2. The molecule has 0 bridgehead atoms. The molecule has 35 heavy (non-hydrogen) atoms. The average Bonchev–Trinajstić information content (AvgIpc) is 3.07. The van der Waals surface area contributed by atoms with E-state index in [4.69, 9.17) is 14.5 Å². The highest BCUT2D eigenvalue weighted by atomic mass is 16.5. The average molecular weight is 476 g/mol. The molecule has 0 unspecified atom stereocenters. The summed E-state index contributed by atoms with van der Waals surface area (Å²) in [5, 5.41) is 3.56. The smallest absolute Gasteiger partial charge is 0.246 e. The predicted molar refractivity (Wildman–Crippen MR) is 133 cm³/mol. The van der Waals surface area contributed by atoms with Gasteiger partial charge in [-0.05, 0) is 68.5 Å². The molecule has 6 rings (SSSR count). The molecule has 4 aliphatic heterocycles. The van der Waals surface area contributed by atoms with Crippen LogP contribution in [0.25, 0.3) is 0 Å². The second-order valence-corrected chi connectivity index (χ2v) is 10.0. The number of hydrogen-bond acceptors (Lipinski definition) is 7. The van der Waals surface area contributed by atoms with Crippen LogP contribution in [0.1, 0.15) is 54.3 Å². The van der Waals surface area contributed by atoms with Gasteiger partial charge >= 0.3 is 0 Å². The lowest BCUT2D eigenvalue weighted by Gasteiger charge is -2.47. The van der Waals surface area contributed by atoms with Crippen molar-refractivity contribution < 1.29 is 14.3 Å². The van der Waals surface area contributed by atoms with Crippen LogP contribution < -0.4 is 10.1 Å². The first kappa shape index (κ1) is 22.5. The van der Waals surface area contributed by atoms with Crippen molar-refractivity contribution in [2.24, 2.45) is 0 Å². The zero-order valence-corrected chi connectivity index (χ0v) is 20.1. The molecule has 3 fully saturated rings. The summed E-state index contributed by atoms with van der Waals surface area (Å²) in [7, 11) is 0. The van der Waals surface area contributed by atoms with Crippen molar-refractivity contribution in [3.63, 3.8) is 0 Å². The number of hydrogen-bond donors (Lipinski definition) is 1. The van der Waals surface area contributed by atoms with Crippen LogP contribution in [0.15, 0.2) is 37.2 Å². The first-order valence-electron chi connectivity index (χ1n) is 12.8. The minimum Gasteiger partial charge on any atom is -0.485 e. The molecule has 2 aromatic heterocycles. The van der Waals surface area contributed by atoms with Crippen LogP contribution in [0.5, 0.6) is 5.75 Å². The predicted octanol–water partition coefficient (Wildman–Crippen LogP) is 3.58. The maximum Gasteiger partial charge on any atom is 0.246 e. The molecule has 6 heterocycles. The number of nitrogens with zero attached hydrogens (tertiary/aromatic N) is 4. The van der Waals surface area contributed by atoms with E-state index < -0.39 is 0 Å². The van der Waals surface area contributed by atoms with Gasteiger partial charge in [-0.2, -0.15) is 0 Å². The molecule has 8 heteroatoms. The molecule has 0 radical (unpaired) electrons. The molecule has 3 saturated heterocycles. The van der Waals surface area contributed by atoms with Crippen LogP contribution in [0.3, 0.4) is 0 Å². The monoisotopic (exact) mass is 475 g/mol. The number of carbonyl (C=O) groups is 1. The Balaban J connectivity index is 1.13. The van der Waals surface area contributed by atoms with Gasteiger partial charge in [0.1, 0.15) is 12.4 Å². The summed E-state index contributed by atoms with van der Waals surface area (Å²) in [5.74, 6) is 2.63. The summed E-state index contributed by atoms with van der Waals surface area (Å²) in [5.41, 5.74) is 4.53. The second-order valence-electron chi connectivity index (χ2n) is 10.0. The number of likely N-dealkylation sites (tertiary alicyclic amines) is 2. The fourth-order valence-electron chi connectivity index (χ4n) is 5.89. The zero-order chi connectivity index (χ0) is 23.8. The summed E-state index contributed by atoms with van der Waals surface area (Å²) in [6.45, 7) is 9.42. The molecule has 0 aromatic carbocycles. The van der Waals surface area contributed by atoms with Crippen LogP contribution in [0.2, 0.25) is 0 Å². The topological polar surface area (TPSA) is 79.8 Å². The minimum absolute atomic E-state index is 0.0379. The molecular weight excluding hydrogens is 442 g/mol. The van der Waals surface area contributed by atoms with Gasteiger partial charge < -0.3 is 19.7 Å². The van der Waals surface area contributed by atoms with E-state index in [1.807, 2.05) is 17.3 Å². The van der Waals surface area contributed by atoms with Gasteiger partial charge in [0.25, 0.3) is 0 Å². The number of ether oxygens (including phenoxy) is 2. The molecule has 1 amide bonds. The molecule has 0 aliphatic carbocycles. The summed E-state index contributed by atoms with van der Waals surface area (Å²) in [6.07, 6.45) is 9.40. The highest BCUT2D eigenvalue weighted by molar-refractivity contribution is 5.87. The Morgan fingerprint density at radius 1 is 1.11 bits per heavy atom. The summed E-state index contributed by atoms with van der Waals surface area (Å²) < 4.78 is 11.8. The van der Waals surface area contributed by atoms with Gasteiger partial charge in [0, 0.05) is 55.7 Å². The minimum atomic E-state index is 0.0379. The van der Waals surface area contributed by atoms with Crippen molar-refractivity contribution in [2.45, 2.75) is 50.2 Å². The Morgan fingerprint density at radius 2 is 1.91 bits per heavy atom. The maximum atomic E-state index is 11.7. The first-order chi connectivity index (χ1) is 17.2. The quantitative estimate of drug-likeness (QED) is 0.677. The largest absolute Gasteiger partial charge is 0.485 e. The lowest BCUT2D eigenvalue weighted by Crippen LogP contribution is -2.61. The Morgan fingerprint density at radius 3 is 2.69 bits per heavy atom. The van der Waals surface area contributed by atoms with Gasteiger partial charge in [-0.15, -0.1) is 0 Å². The van der Waals surface area contributed by atoms with E-state index in [2.05, 4.69) is 33.9 Å². The Bertz CT molecular complexity index is 1100. The summed E-state index contributed by atoms with van der Waals surface area (Å²) in [6, 6.07) is 4.77. The molecule has 4 aliphatic rings. The number of pyridine rings is 2. The van der Waals surface area contributed by atoms with Gasteiger partial charge in [-0.3, -0.25) is 14.7 Å². The number of amides is 1. The van der Waals surface area contributed by atoms with Gasteiger partial charge in [0.05, 0.1) is 11.9 Å². The first-order valence-corrected chi connectivity index (χ1v) is 12.8. The number of anilines is 2. The zero-order valence-electron chi connectivity index (χ0n) is 20.1. The van der Waals surface area contributed by atoms with Gasteiger partial charge in [-0.1, -0.05) is 6.58 Å². The summed E-state index contributed by atoms with van der Waals surface area (Å²) >= 11 is 0. The Kier molecular flexibility index (Phi) is 6.16. The third-order valence-corrected chi connectivity index (χ3v) is 8.08. The van der Waals surface area contributed by atoms with Crippen LogP contribution >= 0.6 is 0 Å². The molecule has 8 nitrogen and oxygen atoms in total. The fraction of sp³-hybridized carbons (Fsp3) is 0.519. The molecule has 184 valence electrons. The molecule has 0 spiro atoms. The van der Waals surface area contributed by atoms with Gasteiger partial charge in [-0.25, -0.2) is 4.98 Å². The van der Waals surface area contributed by atoms with E-state index in [0.717, 1.165) is 93.6 Å². The van der Waals surface area contributed by atoms with Gasteiger partial charge in [0.15, 0.2) is 5.75 Å². The number of nitrogens with one attached hydrogen (secondary N) is 1. The SMILES string of the molecule is C=CC(=O)N1CC(N2CCC(c3cc4c(cn3)OCc3c(C5CCOCC5)ccnc3N4)CC2)C1. The van der Waals surface area contributed by atoms with E-state index in [0.29, 0.717) is 24.5 Å². The second kappa shape index (κ2) is 9.59. The van der Waals surface area contributed by atoms with E-state index in [9.17, 15) is 4.79 Å². The third kappa shape index (κ3) is 4.41. The Hall–Kier alpha value is -2.97. The van der Waals surface area contributed by atoms with Crippen LogP contribution in [0.4, 0.5) is 11.5 Å². The Labute approximate surface area is 206 Å². The molecule has 0 saturated carbocycles. The van der Waals surface area contributed by atoms with Crippen molar-refractivity contribution in [3.8, 4) is 5.75 Å². The molecule has 0 atom stereocenters. The highest BCUT2D eigenvalue weighted by Crippen LogP contribution is 2.39. The van der Waals surface area contributed by atoms with E-state index in [-0.39, 0.29) is 5.91 Å². The number of piperidine rings is 1. The number of carbonyl (C=O) groups excluding carboxylic acids is 1. The van der Waals surface area contributed by atoms with E-state index in [1.165, 1.54) is 11.6 Å². The maximum absolute atomic E-state index is 11.7. The van der Waals surface area contributed by atoms with Crippen LogP contribution in [-0.4, -0.2) is 71.1 Å². The van der Waals surface area contributed by atoms with E-state index >= 15 is 0 Å². The van der Waals surface area contributed by atoms with E-state index in [1.54, 1.807) is 0 Å². The lowest BCUT2D eigenvalue weighted by atomic mass is 9.89. The van der Waals surface area contributed by atoms with Crippen LogP contribution in [-0.2, 0) is 16.1 Å². The standard InChI is InChI=1S/C27H33N5O3/c1-2-26(33)32-15-20(16-32)31-9-4-19(5-10-31)23-13-24-25(14-29-23)35-17-22-21(3-8-28-27(22)30-24)18-6-11-34-12-7-18/h2-3,8,13-14,18-20H,1,4-7,9-12,15-17H2,(H,28,30). The molecule has 2 aromatic rings. The number of aromatic nitrogens is 2. The molecular formula is C27H33N5O3. The van der Waals surface area contributed by atoms with Crippen molar-refractivity contribution in [2.75, 3.05) is 44.7 Å². The normalized spacial score (nSPS) is 21.7. The van der Waals surface area contributed by atoms with Gasteiger partial charge in [0.2, 0.25) is 5.91 Å². The number of rotatable bonds is 4. The van der Waals surface area contributed by atoms with Crippen molar-refractivity contribution in [1.82, 2.24) is 19.8 Å². The van der Waals surface area contributed by atoms with Crippen molar-refractivity contribution >= 4 is 17.4 Å². The van der Waals surface area contributed by atoms with Crippen LogP contribution in [0, 0.1) is 0 Å². The van der Waals surface area contributed by atoms with Crippen molar-refractivity contribution in [1.29, 1.82) is 0 Å². The molecule has 1 N–H and O–H groups in total. The van der Waals surface area contributed by atoms with Crippen molar-refractivity contribution in [3.05, 3.63) is 54.0 Å². The summed E-state index contributed by atoms with van der Waals surface area (Å²) in [4.78, 5) is 25.6. The lowest BCUT2D eigenvalue weighted by molar-refractivity contribution is -0.133. The highest BCUT2D eigenvalue weighted by Gasteiger charge is 2.36.